The number of nitrogens with zero attached hydrogens (tertiary/aromatic N) is 7. The summed E-state index contributed by atoms with van der Waals surface area (Å²) in [5.74, 6) is 6.06. The van der Waals surface area contributed by atoms with Crippen molar-refractivity contribution in [1.82, 2.24) is 39.7 Å². The molecule has 6 heterocycles. The van der Waals surface area contributed by atoms with Crippen LogP contribution in [0.5, 0.6) is 0 Å². The van der Waals surface area contributed by atoms with Gasteiger partial charge in [0.2, 0.25) is 5.82 Å². The first-order valence-corrected chi connectivity index (χ1v) is 13.8. The van der Waals surface area contributed by atoms with E-state index in [0.29, 0.717) is 55.3 Å². The predicted octanol–water partition coefficient (Wildman–Crippen LogP) is 2.26. The molecule has 2 fully saturated rings. The molecule has 0 spiro atoms. The predicted molar refractivity (Wildman–Crippen MR) is 152 cm³/mol. The van der Waals surface area contributed by atoms with Crippen LogP contribution in [0.4, 0.5) is 5.82 Å². The number of hydrogen-bond acceptors (Lipinski definition) is 10. The Morgan fingerprint density at radius 1 is 1.17 bits per heavy atom. The van der Waals surface area contributed by atoms with E-state index in [2.05, 4.69) is 37.1 Å². The molecule has 2 bridgehead atoms. The van der Waals surface area contributed by atoms with Gasteiger partial charge in [-0.3, -0.25) is 9.59 Å². The van der Waals surface area contributed by atoms with Crippen LogP contribution in [0, 0.1) is 11.8 Å². The number of aromatic nitrogens is 7. The number of rotatable bonds is 8. The van der Waals surface area contributed by atoms with Gasteiger partial charge in [0.1, 0.15) is 24.4 Å². The van der Waals surface area contributed by atoms with Crippen LogP contribution in [0.3, 0.4) is 0 Å². The van der Waals surface area contributed by atoms with Crippen LogP contribution in [0.25, 0.3) is 16.8 Å². The molecule has 42 heavy (non-hydrogen) atoms. The highest BCUT2D eigenvalue weighted by atomic mass is 16.5. The zero-order chi connectivity index (χ0) is 29.2. The van der Waals surface area contributed by atoms with Gasteiger partial charge >= 0.3 is 0 Å². The summed E-state index contributed by atoms with van der Waals surface area (Å²) in [6, 6.07) is 3.76. The van der Waals surface area contributed by atoms with Gasteiger partial charge in [-0.1, -0.05) is 5.92 Å². The second-order valence-electron chi connectivity index (χ2n) is 10.5. The van der Waals surface area contributed by atoms with Crippen molar-refractivity contribution in [2.24, 2.45) is 0 Å². The monoisotopic (exact) mass is 569 g/mol. The number of nitrogen functional groups attached to an aromatic ring is 1. The van der Waals surface area contributed by atoms with Crippen LogP contribution in [-0.4, -0.2) is 90.4 Å². The van der Waals surface area contributed by atoms with E-state index in [9.17, 15) is 9.59 Å². The minimum absolute atomic E-state index is 0.0121. The number of H-pyrrole nitrogens is 1. The van der Waals surface area contributed by atoms with Gasteiger partial charge < -0.3 is 25.1 Å². The topological polar surface area (TPSA) is 167 Å². The number of methoxy groups -OCH3 is 1. The average molecular weight is 570 g/mol. The standard InChI is InChI=1S/C29H31N9O4/c1-17(39)24-25(19-12-21-7-8-22(13-19)37(21)29(40)27-32-16-33-36-27)35-28-23(15-34-38(28)26(24)30)18-5-6-20(31-14-18)4-3-9-42-11-10-41-2/h5-6,14-16,19,21-22H,7-13,30H2,1-2H3,(H,32,33,36)/t19-,21-,22+. The van der Waals surface area contributed by atoms with Crippen molar-refractivity contribution in [3.8, 4) is 23.0 Å². The maximum Gasteiger partial charge on any atom is 0.292 e. The molecular weight excluding hydrogens is 538 g/mol. The van der Waals surface area contributed by atoms with Crippen molar-refractivity contribution in [3.63, 3.8) is 0 Å². The van der Waals surface area contributed by atoms with Crippen LogP contribution < -0.4 is 5.73 Å². The highest BCUT2D eigenvalue weighted by Crippen LogP contribution is 2.45. The van der Waals surface area contributed by atoms with Crippen molar-refractivity contribution < 1.29 is 19.1 Å². The van der Waals surface area contributed by atoms with Gasteiger partial charge in [0.25, 0.3) is 5.91 Å². The van der Waals surface area contributed by atoms with Crippen molar-refractivity contribution in [2.75, 3.05) is 32.7 Å². The van der Waals surface area contributed by atoms with E-state index in [1.165, 1.54) is 17.8 Å². The molecule has 6 rings (SSSR count). The number of piperidine rings is 1. The van der Waals surface area contributed by atoms with Crippen molar-refractivity contribution in [3.05, 3.63) is 53.6 Å². The summed E-state index contributed by atoms with van der Waals surface area (Å²) in [5.41, 5.74) is 10.3. The van der Waals surface area contributed by atoms with Gasteiger partial charge in [-0.15, -0.1) is 10.2 Å². The number of fused-ring (bicyclic) bond motifs is 3. The quantitative estimate of drug-likeness (QED) is 0.182. The van der Waals surface area contributed by atoms with E-state index >= 15 is 0 Å². The Kier molecular flexibility index (Phi) is 7.64. The summed E-state index contributed by atoms with van der Waals surface area (Å²) in [7, 11) is 1.62. The zero-order valence-corrected chi connectivity index (χ0v) is 23.4. The number of anilines is 1. The SMILES string of the molecule is COCCOCC#Cc1ccc(-c2cnn3c(N)c(C(C)=O)c([C@@H]4C[C@H]5CC[C@@H](C4)N5C(=O)c4nnc[nH]4)nc23)cn1. The molecule has 13 heteroatoms. The molecule has 1 amide bonds. The molecule has 4 aromatic rings. The van der Waals surface area contributed by atoms with Crippen LogP contribution in [0.1, 0.15) is 70.9 Å². The number of ketones is 1. The number of ether oxygens (including phenoxy) is 2. The number of carbonyl (C=O) groups is 2. The lowest BCUT2D eigenvalue weighted by molar-refractivity contribution is 0.0556. The highest BCUT2D eigenvalue weighted by molar-refractivity contribution is 6.00. The molecule has 0 aliphatic carbocycles. The number of Topliss-reactive ketones (excluding diaryl/α,β-unsaturated/α-hetero) is 1. The molecule has 216 valence electrons. The van der Waals surface area contributed by atoms with E-state index in [0.717, 1.165) is 24.0 Å². The molecule has 2 aliphatic rings. The Balaban J connectivity index is 1.29. The third-order valence-electron chi connectivity index (χ3n) is 7.93. The number of nitrogens with two attached hydrogens (primary N) is 1. The molecule has 3 N–H and O–H groups in total. The first-order chi connectivity index (χ1) is 20.5. The number of pyridine rings is 1. The Morgan fingerprint density at radius 3 is 2.64 bits per heavy atom. The van der Waals surface area contributed by atoms with Crippen LogP contribution in [-0.2, 0) is 9.47 Å². The third-order valence-corrected chi connectivity index (χ3v) is 7.93. The average Bonchev–Trinajstić information content (AvgIpc) is 3.73. The fraction of sp³-hybridized carbons (Fsp3) is 0.414. The summed E-state index contributed by atoms with van der Waals surface area (Å²) in [4.78, 5) is 40.2. The lowest BCUT2D eigenvalue weighted by Crippen LogP contribution is -2.46. The van der Waals surface area contributed by atoms with E-state index in [1.54, 1.807) is 19.5 Å². The lowest BCUT2D eigenvalue weighted by Gasteiger charge is -2.38. The number of nitrogens with one attached hydrogen (secondary N) is 1. The Labute approximate surface area is 241 Å². The Bertz CT molecular complexity index is 1660. The summed E-state index contributed by atoms with van der Waals surface area (Å²) in [6.07, 6.45) is 7.92. The van der Waals surface area contributed by atoms with Crippen LogP contribution in [0.2, 0.25) is 0 Å². The van der Waals surface area contributed by atoms with Gasteiger partial charge in [-0.05, 0) is 50.7 Å². The second kappa shape index (κ2) is 11.7. The minimum atomic E-state index is -0.169. The lowest BCUT2D eigenvalue weighted by atomic mass is 9.85. The van der Waals surface area contributed by atoms with E-state index < -0.39 is 0 Å². The maximum atomic E-state index is 13.1. The molecule has 13 nitrogen and oxygen atoms in total. The summed E-state index contributed by atoms with van der Waals surface area (Å²) >= 11 is 0. The molecule has 4 aromatic heterocycles. The minimum Gasteiger partial charge on any atom is -0.383 e. The number of aromatic amines is 1. The molecule has 0 aromatic carbocycles. The van der Waals surface area contributed by atoms with Gasteiger partial charge in [0, 0.05) is 42.4 Å². The fourth-order valence-corrected chi connectivity index (χ4v) is 6.08. The van der Waals surface area contributed by atoms with E-state index in [4.69, 9.17) is 20.2 Å². The highest BCUT2D eigenvalue weighted by Gasteiger charge is 2.45. The molecule has 0 saturated carbocycles. The van der Waals surface area contributed by atoms with Crippen molar-refractivity contribution >= 4 is 23.2 Å². The van der Waals surface area contributed by atoms with Gasteiger partial charge in [0.15, 0.2) is 11.4 Å². The van der Waals surface area contributed by atoms with Gasteiger partial charge in [0.05, 0.1) is 30.7 Å². The molecule has 2 saturated heterocycles. The van der Waals surface area contributed by atoms with Crippen LogP contribution in [0.15, 0.2) is 30.9 Å². The summed E-state index contributed by atoms with van der Waals surface area (Å²) in [6.45, 7) is 2.79. The molecule has 0 unspecified atom stereocenters. The Hall–Kier alpha value is -4.67. The van der Waals surface area contributed by atoms with Gasteiger partial charge in [-0.25, -0.2) is 9.97 Å². The zero-order valence-electron chi connectivity index (χ0n) is 23.4. The smallest absolute Gasteiger partial charge is 0.292 e. The van der Waals surface area contributed by atoms with Crippen LogP contribution >= 0.6 is 0 Å². The number of hydrogen-bond donors (Lipinski definition) is 2. The van der Waals surface area contributed by atoms with E-state index in [1.807, 2.05) is 17.0 Å². The molecule has 3 atom stereocenters. The first-order valence-electron chi connectivity index (χ1n) is 13.8. The van der Waals surface area contributed by atoms with Crippen molar-refractivity contribution in [1.29, 1.82) is 0 Å². The number of amides is 1. The number of carbonyl (C=O) groups excluding carboxylic acids is 2. The largest absolute Gasteiger partial charge is 0.383 e. The Morgan fingerprint density at radius 2 is 1.98 bits per heavy atom. The molecule has 0 radical (unpaired) electrons. The fourth-order valence-electron chi connectivity index (χ4n) is 6.08. The maximum absolute atomic E-state index is 13.1. The first kappa shape index (κ1) is 27.5. The second-order valence-corrected chi connectivity index (χ2v) is 10.5. The normalized spacial score (nSPS) is 19.6. The molecular formula is C29H31N9O4. The third kappa shape index (κ3) is 5.10. The summed E-state index contributed by atoms with van der Waals surface area (Å²) < 4.78 is 11.8. The molecule has 2 aliphatic heterocycles. The van der Waals surface area contributed by atoms with Gasteiger partial charge in [-0.2, -0.15) is 9.61 Å². The summed E-state index contributed by atoms with van der Waals surface area (Å²) in [5, 5.41) is 12.1. The van der Waals surface area contributed by atoms with Crippen molar-refractivity contribution in [2.45, 2.75) is 50.6 Å². The van der Waals surface area contributed by atoms with E-state index in [-0.39, 0.29) is 41.3 Å².